The van der Waals surface area contributed by atoms with Crippen LogP contribution in [0.25, 0.3) is 0 Å². The molecule has 1 aromatic carbocycles. The molecular weight excluding hydrogens is 292 g/mol. The first-order valence-corrected chi connectivity index (χ1v) is 8.55. The Morgan fingerprint density at radius 2 is 2.09 bits per heavy atom. The molecule has 126 valence electrons. The zero-order chi connectivity index (χ0) is 16.2. The second kappa shape index (κ2) is 7.21. The Labute approximate surface area is 137 Å². The van der Waals surface area contributed by atoms with Crippen molar-refractivity contribution in [1.29, 1.82) is 0 Å². The molecule has 0 aromatic heterocycles. The van der Waals surface area contributed by atoms with Gasteiger partial charge in [0.05, 0.1) is 12.2 Å². The summed E-state index contributed by atoms with van der Waals surface area (Å²) in [5.41, 5.74) is 0.990. The molecule has 5 heteroatoms. The van der Waals surface area contributed by atoms with Crippen LogP contribution >= 0.6 is 0 Å². The summed E-state index contributed by atoms with van der Waals surface area (Å²) in [5.74, 6) is 1.24. The number of aliphatic hydroxyl groups excluding tert-OH is 1. The highest BCUT2D eigenvalue weighted by Crippen LogP contribution is 2.32. The molecule has 2 fully saturated rings. The molecule has 0 unspecified atom stereocenters. The number of likely N-dealkylation sites (N-methyl/N-ethyl adjacent to an activating group) is 1. The number of rotatable bonds is 7. The zero-order valence-corrected chi connectivity index (χ0v) is 13.7. The number of ether oxygens (including phenoxy) is 1. The molecule has 0 spiro atoms. The van der Waals surface area contributed by atoms with Crippen molar-refractivity contribution < 1.29 is 14.6 Å². The fraction of sp³-hybridized carbons (Fsp3) is 0.611. The van der Waals surface area contributed by atoms with Crippen LogP contribution in [0.1, 0.15) is 37.7 Å². The van der Waals surface area contributed by atoms with Gasteiger partial charge < -0.3 is 20.1 Å². The van der Waals surface area contributed by atoms with Crippen molar-refractivity contribution in [2.45, 2.75) is 50.9 Å². The van der Waals surface area contributed by atoms with Crippen molar-refractivity contribution >= 4 is 6.03 Å². The molecule has 3 rings (SSSR count). The van der Waals surface area contributed by atoms with Gasteiger partial charge in [-0.25, -0.2) is 4.79 Å². The monoisotopic (exact) mass is 318 g/mol. The number of nitrogens with zero attached hydrogens (tertiary/aromatic N) is 1. The van der Waals surface area contributed by atoms with Gasteiger partial charge in [0.1, 0.15) is 5.75 Å². The van der Waals surface area contributed by atoms with Crippen molar-refractivity contribution in [2.75, 3.05) is 13.6 Å². The second-order valence-corrected chi connectivity index (χ2v) is 6.72. The smallest absolute Gasteiger partial charge is 0.317 e. The molecule has 2 aliphatic rings. The lowest BCUT2D eigenvalue weighted by atomic mass is 9.96. The standard InChI is InChI=1S/C18H26N2O3/c1-20(12-16(21)13-9-10-13)18(22)19-11-14-5-2-3-8-17(14)23-15-6-4-7-15/h2-3,5,8,13,15-16,21H,4,6-7,9-12H2,1H3,(H,19,22)/t16-/m0/s1. The lowest BCUT2D eigenvalue weighted by molar-refractivity contribution is 0.112. The molecule has 0 heterocycles. The molecule has 0 bridgehead atoms. The minimum Gasteiger partial charge on any atom is -0.490 e. The average molecular weight is 318 g/mol. The first kappa shape index (κ1) is 16.1. The number of carbonyl (C=O) groups excluding carboxylic acids is 1. The van der Waals surface area contributed by atoms with Gasteiger partial charge in [-0.2, -0.15) is 0 Å². The number of hydrogen-bond donors (Lipinski definition) is 2. The third-order valence-corrected chi connectivity index (χ3v) is 4.72. The SMILES string of the molecule is CN(C[C@H](O)C1CC1)C(=O)NCc1ccccc1OC1CCC1. The van der Waals surface area contributed by atoms with Gasteiger partial charge in [0, 0.05) is 25.7 Å². The van der Waals surface area contributed by atoms with E-state index in [9.17, 15) is 9.90 Å². The topological polar surface area (TPSA) is 61.8 Å². The highest BCUT2D eigenvalue weighted by atomic mass is 16.5. The number of benzene rings is 1. The number of urea groups is 1. The molecule has 0 radical (unpaired) electrons. The number of para-hydroxylation sites is 1. The van der Waals surface area contributed by atoms with Crippen molar-refractivity contribution in [3.8, 4) is 5.75 Å². The Kier molecular flexibility index (Phi) is 5.06. The van der Waals surface area contributed by atoms with E-state index in [1.807, 2.05) is 24.3 Å². The van der Waals surface area contributed by atoms with Gasteiger partial charge in [-0.05, 0) is 44.1 Å². The van der Waals surface area contributed by atoms with Crippen LogP contribution in [0.3, 0.4) is 0 Å². The highest BCUT2D eigenvalue weighted by Gasteiger charge is 2.31. The second-order valence-electron chi connectivity index (χ2n) is 6.72. The predicted molar refractivity (Wildman–Crippen MR) is 88.3 cm³/mol. The Morgan fingerprint density at radius 3 is 2.74 bits per heavy atom. The summed E-state index contributed by atoms with van der Waals surface area (Å²) in [6.07, 6.45) is 5.52. The van der Waals surface area contributed by atoms with E-state index >= 15 is 0 Å². The molecule has 1 atom stereocenters. The van der Waals surface area contributed by atoms with E-state index in [0.717, 1.165) is 37.0 Å². The minimum absolute atomic E-state index is 0.164. The molecule has 23 heavy (non-hydrogen) atoms. The van der Waals surface area contributed by atoms with E-state index in [4.69, 9.17) is 4.74 Å². The van der Waals surface area contributed by atoms with Gasteiger partial charge in [0.25, 0.3) is 0 Å². The van der Waals surface area contributed by atoms with Crippen LogP contribution in [0.4, 0.5) is 4.79 Å². The Balaban J connectivity index is 1.49. The summed E-state index contributed by atoms with van der Waals surface area (Å²) in [4.78, 5) is 13.7. The summed E-state index contributed by atoms with van der Waals surface area (Å²) in [6, 6.07) is 7.68. The highest BCUT2D eigenvalue weighted by molar-refractivity contribution is 5.74. The van der Waals surface area contributed by atoms with Crippen molar-refractivity contribution in [1.82, 2.24) is 10.2 Å². The summed E-state index contributed by atoms with van der Waals surface area (Å²) in [6.45, 7) is 0.822. The van der Waals surface area contributed by atoms with E-state index in [-0.39, 0.29) is 6.03 Å². The molecule has 0 aliphatic heterocycles. The van der Waals surface area contributed by atoms with Crippen LogP contribution in [-0.2, 0) is 6.54 Å². The third-order valence-electron chi connectivity index (χ3n) is 4.72. The van der Waals surface area contributed by atoms with Gasteiger partial charge in [-0.15, -0.1) is 0 Å². The van der Waals surface area contributed by atoms with Crippen LogP contribution in [0.2, 0.25) is 0 Å². The number of hydrogen-bond acceptors (Lipinski definition) is 3. The average Bonchev–Trinajstić information content (AvgIpc) is 3.34. The fourth-order valence-corrected chi connectivity index (χ4v) is 2.73. The van der Waals surface area contributed by atoms with Gasteiger partial charge in [0.2, 0.25) is 0 Å². The summed E-state index contributed by atoms with van der Waals surface area (Å²) in [7, 11) is 1.72. The Hall–Kier alpha value is -1.75. The van der Waals surface area contributed by atoms with Gasteiger partial charge >= 0.3 is 6.03 Å². The van der Waals surface area contributed by atoms with Crippen LogP contribution in [-0.4, -0.2) is 41.8 Å². The van der Waals surface area contributed by atoms with Crippen LogP contribution in [0, 0.1) is 5.92 Å². The van der Waals surface area contributed by atoms with Crippen molar-refractivity contribution in [2.24, 2.45) is 5.92 Å². The number of carbonyl (C=O) groups is 1. The number of nitrogens with one attached hydrogen (secondary N) is 1. The quantitative estimate of drug-likeness (QED) is 0.812. The summed E-state index contributed by atoms with van der Waals surface area (Å²) < 4.78 is 5.97. The van der Waals surface area contributed by atoms with Crippen LogP contribution < -0.4 is 10.1 Å². The molecule has 2 N–H and O–H groups in total. The third kappa shape index (κ3) is 4.38. The predicted octanol–water partition coefficient (Wildman–Crippen LogP) is 2.53. The van der Waals surface area contributed by atoms with Gasteiger partial charge in [-0.3, -0.25) is 0 Å². The first-order chi connectivity index (χ1) is 11.1. The molecule has 2 aliphatic carbocycles. The first-order valence-electron chi connectivity index (χ1n) is 8.55. The van der Waals surface area contributed by atoms with E-state index < -0.39 is 6.10 Å². The van der Waals surface area contributed by atoms with E-state index in [0.29, 0.717) is 25.1 Å². The van der Waals surface area contributed by atoms with Crippen LogP contribution in [0.15, 0.2) is 24.3 Å². The van der Waals surface area contributed by atoms with Crippen molar-refractivity contribution in [3.05, 3.63) is 29.8 Å². The minimum atomic E-state index is -0.403. The lowest BCUT2D eigenvalue weighted by Gasteiger charge is -2.27. The number of amides is 2. The van der Waals surface area contributed by atoms with Crippen molar-refractivity contribution in [3.63, 3.8) is 0 Å². The number of aliphatic hydroxyl groups is 1. The summed E-state index contributed by atoms with van der Waals surface area (Å²) in [5, 5.41) is 12.8. The maximum Gasteiger partial charge on any atom is 0.317 e. The molecule has 2 amide bonds. The van der Waals surface area contributed by atoms with E-state index in [1.165, 1.54) is 6.42 Å². The maximum atomic E-state index is 12.2. The Bertz CT molecular complexity index is 541. The molecule has 2 saturated carbocycles. The van der Waals surface area contributed by atoms with Gasteiger partial charge in [0.15, 0.2) is 0 Å². The van der Waals surface area contributed by atoms with E-state index in [2.05, 4.69) is 5.32 Å². The normalized spacial score (nSPS) is 18.9. The Morgan fingerprint density at radius 1 is 1.35 bits per heavy atom. The maximum absolute atomic E-state index is 12.2. The molecule has 1 aromatic rings. The van der Waals surface area contributed by atoms with E-state index in [1.54, 1.807) is 11.9 Å². The summed E-state index contributed by atoms with van der Waals surface area (Å²) >= 11 is 0. The van der Waals surface area contributed by atoms with Crippen LogP contribution in [0.5, 0.6) is 5.75 Å². The molecule has 0 saturated heterocycles. The molecular formula is C18H26N2O3. The largest absolute Gasteiger partial charge is 0.490 e. The zero-order valence-electron chi connectivity index (χ0n) is 13.7. The fourth-order valence-electron chi connectivity index (χ4n) is 2.73. The lowest BCUT2D eigenvalue weighted by Crippen LogP contribution is -2.41. The van der Waals surface area contributed by atoms with Gasteiger partial charge in [-0.1, -0.05) is 18.2 Å². The molecule has 5 nitrogen and oxygen atoms in total.